The molecular weight excluding hydrogens is 294 g/mol. The second-order valence-corrected chi connectivity index (χ2v) is 6.09. The average Bonchev–Trinajstić information content (AvgIpc) is 3.23. The lowest BCUT2D eigenvalue weighted by Crippen LogP contribution is -2.31. The third-order valence-corrected chi connectivity index (χ3v) is 4.17. The average molecular weight is 311 g/mol. The van der Waals surface area contributed by atoms with E-state index in [1.165, 1.54) is 0 Å². The van der Waals surface area contributed by atoms with Crippen molar-refractivity contribution in [1.82, 2.24) is 24.4 Å². The maximum Gasteiger partial charge on any atom is 0.232 e. The SMILES string of the molecule is CC(C)N1C[C@H](c2nc(-c3cn4ccccc4n3)no2)CC1=O. The van der Waals surface area contributed by atoms with E-state index in [-0.39, 0.29) is 17.9 Å². The molecule has 4 rings (SSSR count). The van der Waals surface area contributed by atoms with E-state index in [1.807, 2.05) is 53.7 Å². The largest absolute Gasteiger partial charge is 0.339 e. The van der Waals surface area contributed by atoms with Crippen LogP contribution in [0.2, 0.25) is 0 Å². The number of aromatic nitrogens is 4. The number of amides is 1. The molecule has 1 amide bonds. The molecule has 0 saturated carbocycles. The molecule has 23 heavy (non-hydrogen) atoms. The Morgan fingerprint density at radius 1 is 1.30 bits per heavy atom. The summed E-state index contributed by atoms with van der Waals surface area (Å²) in [6.45, 7) is 4.65. The Morgan fingerprint density at radius 3 is 2.91 bits per heavy atom. The van der Waals surface area contributed by atoms with Gasteiger partial charge in [-0.25, -0.2) is 4.98 Å². The molecule has 1 atom stereocenters. The molecule has 3 aromatic rings. The first-order valence-corrected chi connectivity index (χ1v) is 7.69. The van der Waals surface area contributed by atoms with Crippen LogP contribution in [0.3, 0.4) is 0 Å². The van der Waals surface area contributed by atoms with Gasteiger partial charge in [0.1, 0.15) is 11.3 Å². The molecule has 0 N–H and O–H groups in total. The maximum absolute atomic E-state index is 12.0. The van der Waals surface area contributed by atoms with Gasteiger partial charge in [-0.05, 0) is 26.0 Å². The summed E-state index contributed by atoms with van der Waals surface area (Å²) in [5.41, 5.74) is 1.49. The second kappa shape index (κ2) is 5.19. The van der Waals surface area contributed by atoms with E-state index >= 15 is 0 Å². The Bertz CT molecular complexity index is 833. The smallest absolute Gasteiger partial charge is 0.232 e. The first-order valence-electron chi connectivity index (χ1n) is 7.69. The van der Waals surface area contributed by atoms with Gasteiger partial charge in [0.05, 0.1) is 5.92 Å². The predicted octanol–water partition coefficient (Wildman–Crippen LogP) is 2.11. The lowest BCUT2D eigenvalue weighted by atomic mass is 10.1. The van der Waals surface area contributed by atoms with E-state index in [2.05, 4.69) is 15.1 Å². The molecule has 0 radical (unpaired) electrons. The highest BCUT2D eigenvalue weighted by Crippen LogP contribution is 2.29. The van der Waals surface area contributed by atoms with Crippen LogP contribution in [0.15, 0.2) is 35.1 Å². The van der Waals surface area contributed by atoms with E-state index < -0.39 is 0 Å². The molecule has 0 unspecified atom stereocenters. The van der Waals surface area contributed by atoms with Crippen LogP contribution in [0.1, 0.15) is 32.1 Å². The highest BCUT2D eigenvalue weighted by Gasteiger charge is 2.35. The van der Waals surface area contributed by atoms with Crippen molar-refractivity contribution in [2.24, 2.45) is 0 Å². The van der Waals surface area contributed by atoms with Gasteiger partial charge in [0, 0.05) is 31.4 Å². The zero-order valence-electron chi connectivity index (χ0n) is 13.0. The van der Waals surface area contributed by atoms with Crippen molar-refractivity contribution in [1.29, 1.82) is 0 Å². The molecule has 1 fully saturated rings. The number of hydrogen-bond acceptors (Lipinski definition) is 5. The summed E-state index contributed by atoms with van der Waals surface area (Å²) >= 11 is 0. The summed E-state index contributed by atoms with van der Waals surface area (Å²) < 4.78 is 7.29. The number of rotatable bonds is 3. The van der Waals surface area contributed by atoms with Crippen molar-refractivity contribution >= 4 is 11.6 Å². The van der Waals surface area contributed by atoms with Gasteiger partial charge in [-0.1, -0.05) is 11.2 Å². The van der Waals surface area contributed by atoms with Gasteiger partial charge in [-0.2, -0.15) is 4.98 Å². The molecule has 7 heteroatoms. The van der Waals surface area contributed by atoms with Crippen LogP contribution < -0.4 is 0 Å². The molecule has 4 heterocycles. The molecule has 1 aliphatic rings. The van der Waals surface area contributed by atoms with Gasteiger partial charge in [0.15, 0.2) is 0 Å². The monoisotopic (exact) mass is 311 g/mol. The van der Waals surface area contributed by atoms with Gasteiger partial charge in [-0.3, -0.25) is 4.79 Å². The van der Waals surface area contributed by atoms with Crippen LogP contribution in [0.4, 0.5) is 0 Å². The molecule has 0 aliphatic carbocycles. The number of carbonyl (C=O) groups is 1. The number of imidazole rings is 1. The standard InChI is InChI=1S/C16H17N5O2/c1-10(2)21-8-11(7-14(21)22)16-18-15(19-23-16)12-9-20-6-4-3-5-13(20)17-12/h3-6,9-11H,7-8H2,1-2H3/t11-/m1/s1. The molecule has 118 valence electrons. The number of pyridine rings is 1. The summed E-state index contributed by atoms with van der Waals surface area (Å²) in [6, 6.07) is 5.97. The number of carbonyl (C=O) groups excluding carboxylic acids is 1. The highest BCUT2D eigenvalue weighted by molar-refractivity contribution is 5.79. The van der Waals surface area contributed by atoms with E-state index in [0.29, 0.717) is 30.4 Å². The molecule has 1 aliphatic heterocycles. The van der Waals surface area contributed by atoms with Gasteiger partial charge in [0.25, 0.3) is 0 Å². The summed E-state index contributed by atoms with van der Waals surface area (Å²) in [5.74, 6) is 1.06. The van der Waals surface area contributed by atoms with E-state index in [1.54, 1.807) is 0 Å². The van der Waals surface area contributed by atoms with Crippen molar-refractivity contribution in [2.45, 2.75) is 32.2 Å². The van der Waals surface area contributed by atoms with Crippen LogP contribution in [0.25, 0.3) is 17.2 Å². The predicted molar refractivity (Wildman–Crippen MR) is 82.7 cm³/mol. The fourth-order valence-electron chi connectivity index (χ4n) is 2.94. The number of likely N-dealkylation sites (tertiary alicyclic amines) is 1. The van der Waals surface area contributed by atoms with Crippen molar-refractivity contribution in [3.8, 4) is 11.5 Å². The van der Waals surface area contributed by atoms with Crippen LogP contribution in [-0.4, -0.2) is 42.9 Å². The maximum atomic E-state index is 12.0. The molecular formula is C16H17N5O2. The number of hydrogen-bond donors (Lipinski definition) is 0. The molecule has 0 spiro atoms. The Hall–Kier alpha value is -2.70. The first kappa shape index (κ1) is 13.9. The zero-order chi connectivity index (χ0) is 16.0. The van der Waals surface area contributed by atoms with Crippen molar-refractivity contribution in [3.05, 3.63) is 36.5 Å². The topological polar surface area (TPSA) is 76.5 Å². The Balaban J connectivity index is 1.61. The Kier molecular flexibility index (Phi) is 3.14. The molecule has 7 nitrogen and oxygen atoms in total. The first-order chi connectivity index (χ1) is 11.1. The number of nitrogens with zero attached hydrogens (tertiary/aromatic N) is 5. The minimum atomic E-state index is -0.0387. The van der Waals surface area contributed by atoms with Crippen molar-refractivity contribution < 1.29 is 9.32 Å². The summed E-state index contributed by atoms with van der Waals surface area (Å²) in [4.78, 5) is 22.8. The molecule has 3 aromatic heterocycles. The summed E-state index contributed by atoms with van der Waals surface area (Å²) in [7, 11) is 0. The van der Waals surface area contributed by atoms with E-state index in [4.69, 9.17) is 4.52 Å². The molecule has 0 aromatic carbocycles. The summed E-state index contributed by atoms with van der Waals surface area (Å²) in [6.07, 6.45) is 4.21. The number of fused-ring (bicyclic) bond motifs is 1. The minimum Gasteiger partial charge on any atom is -0.339 e. The second-order valence-electron chi connectivity index (χ2n) is 6.09. The third kappa shape index (κ3) is 2.38. The van der Waals surface area contributed by atoms with Gasteiger partial charge < -0.3 is 13.8 Å². The lowest BCUT2D eigenvalue weighted by Gasteiger charge is -2.20. The van der Waals surface area contributed by atoms with Crippen LogP contribution >= 0.6 is 0 Å². The Labute approximate surface area is 132 Å². The van der Waals surface area contributed by atoms with Crippen LogP contribution in [0, 0.1) is 0 Å². The quantitative estimate of drug-likeness (QED) is 0.740. The third-order valence-electron chi connectivity index (χ3n) is 4.17. The molecule has 0 bridgehead atoms. The zero-order valence-corrected chi connectivity index (χ0v) is 13.0. The highest BCUT2D eigenvalue weighted by atomic mass is 16.5. The van der Waals surface area contributed by atoms with E-state index in [0.717, 1.165) is 5.65 Å². The van der Waals surface area contributed by atoms with Crippen LogP contribution in [-0.2, 0) is 4.79 Å². The summed E-state index contributed by atoms with van der Waals surface area (Å²) in [5, 5.41) is 4.03. The van der Waals surface area contributed by atoms with E-state index in [9.17, 15) is 4.79 Å². The molecule has 1 saturated heterocycles. The van der Waals surface area contributed by atoms with Crippen molar-refractivity contribution in [2.75, 3.05) is 6.54 Å². The van der Waals surface area contributed by atoms with Gasteiger partial charge in [-0.15, -0.1) is 0 Å². The Morgan fingerprint density at radius 2 is 2.17 bits per heavy atom. The fraction of sp³-hybridized carbons (Fsp3) is 0.375. The van der Waals surface area contributed by atoms with Gasteiger partial charge in [0.2, 0.25) is 17.6 Å². The van der Waals surface area contributed by atoms with Gasteiger partial charge >= 0.3 is 0 Å². The lowest BCUT2D eigenvalue weighted by molar-refractivity contribution is -0.129. The van der Waals surface area contributed by atoms with Crippen molar-refractivity contribution in [3.63, 3.8) is 0 Å². The fourth-order valence-corrected chi connectivity index (χ4v) is 2.94. The minimum absolute atomic E-state index is 0.0387. The van der Waals surface area contributed by atoms with Crippen LogP contribution in [0.5, 0.6) is 0 Å². The normalized spacial score (nSPS) is 18.5.